The molecule has 1 amide bonds. The van der Waals surface area contributed by atoms with Gasteiger partial charge in [0.25, 0.3) is 5.91 Å². The lowest BCUT2D eigenvalue weighted by atomic mass is 10.3. The summed E-state index contributed by atoms with van der Waals surface area (Å²) in [5.74, 6) is -0.0947. The first kappa shape index (κ1) is 18.4. The first-order chi connectivity index (χ1) is 13.1. The molecule has 0 aliphatic carbocycles. The van der Waals surface area contributed by atoms with Crippen LogP contribution in [0.2, 0.25) is 9.36 Å². The zero-order valence-electron chi connectivity index (χ0n) is 14.0. The number of thiophene rings is 1. The minimum atomic E-state index is -0.0947. The van der Waals surface area contributed by atoms with Gasteiger partial charge >= 0.3 is 0 Å². The van der Waals surface area contributed by atoms with Crippen LogP contribution >= 0.6 is 45.9 Å². The van der Waals surface area contributed by atoms with Gasteiger partial charge in [-0.25, -0.2) is 9.97 Å². The number of amides is 1. The number of rotatable bonds is 6. The molecule has 0 atom stereocenters. The number of hydrogen-bond acceptors (Lipinski definition) is 5. The van der Waals surface area contributed by atoms with E-state index in [1.54, 1.807) is 35.6 Å². The summed E-state index contributed by atoms with van der Waals surface area (Å²) >= 11 is 14.8. The summed E-state index contributed by atoms with van der Waals surface area (Å²) in [5, 5.41) is 1.31. The molecule has 0 fully saturated rings. The van der Waals surface area contributed by atoms with E-state index < -0.39 is 0 Å². The van der Waals surface area contributed by atoms with E-state index in [0.717, 1.165) is 23.2 Å². The quantitative estimate of drug-likeness (QED) is 0.395. The molecule has 0 spiro atoms. The van der Waals surface area contributed by atoms with Crippen LogP contribution in [0.1, 0.15) is 16.1 Å². The van der Waals surface area contributed by atoms with Crippen LogP contribution in [-0.2, 0) is 6.54 Å². The average Bonchev–Trinajstić information content (AvgIpc) is 3.38. The van der Waals surface area contributed by atoms with Gasteiger partial charge in [-0.05, 0) is 36.8 Å². The second kappa shape index (κ2) is 7.98. The number of anilines is 1. The molecule has 0 aliphatic rings. The molecule has 3 aromatic heterocycles. The fourth-order valence-corrected chi connectivity index (χ4v) is 4.94. The van der Waals surface area contributed by atoms with Gasteiger partial charge in [-0.2, -0.15) is 0 Å². The van der Waals surface area contributed by atoms with Gasteiger partial charge in [0.2, 0.25) is 0 Å². The topological polar surface area (TPSA) is 51.0 Å². The number of carbonyl (C=O) groups is 1. The van der Waals surface area contributed by atoms with E-state index in [4.69, 9.17) is 23.2 Å². The summed E-state index contributed by atoms with van der Waals surface area (Å²) in [7, 11) is 0. The maximum Gasteiger partial charge on any atom is 0.270 e. The minimum Gasteiger partial charge on any atom is -0.337 e. The number of aromatic nitrogens is 3. The first-order valence-electron chi connectivity index (χ1n) is 8.19. The Hall–Kier alpha value is -1.93. The Morgan fingerprint density at radius 1 is 1.19 bits per heavy atom. The molecular weight excluding hydrogens is 423 g/mol. The maximum atomic E-state index is 13.1. The Labute approximate surface area is 173 Å². The molecule has 1 aromatic carbocycles. The van der Waals surface area contributed by atoms with Crippen molar-refractivity contribution in [3.05, 3.63) is 63.3 Å². The molecule has 0 N–H and O–H groups in total. The van der Waals surface area contributed by atoms with Crippen molar-refractivity contribution in [2.24, 2.45) is 0 Å². The summed E-state index contributed by atoms with van der Waals surface area (Å²) in [5.41, 5.74) is 0.830. The number of hydrogen-bond donors (Lipinski definition) is 0. The summed E-state index contributed by atoms with van der Waals surface area (Å²) in [4.78, 5) is 24.1. The van der Waals surface area contributed by atoms with Crippen molar-refractivity contribution in [1.29, 1.82) is 0 Å². The molecule has 138 valence electrons. The molecule has 5 nitrogen and oxygen atoms in total. The number of imidazole rings is 1. The molecule has 9 heteroatoms. The molecule has 27 heavy (non-hydrogen) atoms. The van der Waals surface area contributed by atoms with E-state index in [0.29, 0.717) is 25.9 Å². The van der Waals surface area contributed by atoms with Crippen LogP contribution in [0, 0.1) is 0 Å². The van der Waals surface area contributed by atoms with E-state index in [1.165, 1.54) is 22.7 Å². The normalized spacial score (nSPS) is 11.2. The zero-order valence-corrected chi connectivity index (χ0v) is 17.2. The first-order valence-corrected chi connectivity index (χ1v) is 10.6. The molecule has 0 bridgehead atoms. The van der Waals surface area contributed by atoms with Gasteiger partial charge in [0.15, 0.2) is 5.13 Å². The number of halogens is 2. The third kappa shape index (κ3) is 4.16. The fraction of sp³-hybridized carbons (Fsp3) is 0.167. The molecule has 4 aromatic rings. The second-order valence-corrected chi connectivity index (χ2v) is 8.98. The monoisotopic (exact) mass is 436 g/mol. The van der Waals surface area contributed by atoms with Gasteiger partial charge in [-0.15, -0.1) is 11.3 Å². The van der Waals surface area contributed by atoms with Crippen molar-refractivity contribution >= 4 is 67.1 Å². The van der Waals surface area contributed by atoms with Gasteiger partial charge in [-0.1, -0.05) is 34.5 Å². The van der Waals surface area contributed by atoms with Gasteiger partial charge in [0.05, 0.1) is 25.8 Å². The third-order valence-electron chi connectivity index (χ3n) is 3.96. The largest absolute Gasteiger partial charge is 0.337 e. The third-order valence-corrected chi connectivity index (χ3v) is 6.45. The number of benzene rings is 1. The molecule has 0 unspecified atom stereocenters. The highest BCUT2D eigenvalue weighted by atomic mass is 35.5. The maximum absolute atomic E-state index is 13.1. The van der Waals surface area contributed by atoms with Crippen molar-refractivity contribution in [3.8, 4) is 0 Å². The van der Waals surface area contributed by atoms with E-state index in [1.807, 2.05) is 22.9 Å². The molecule has 0 radical (unpaired) electrons. The van der Waals surface area contributed by atoms with E-state index in [2.05, 4.69) is 9.97 Å². The lowest BCUT2D eigenvalue weighted by Gasteiger charge is -2.19. The number of thiazole rings is 1. The van der Waals surface area contributed by atoms with Crippen molar-refractivity contribution in [3.63, 3.8) is 0 Å². The van der Waals surface area contributed by atoms with Gasteiger partial charge in [0, 0.05) is 30.5 Å². The molecule has 0 saturated heterocycles. The van der Waals surface area contributed by atoms with Gasteiger partial charge < -0.3 is 4.57 Å². The summed E-state index contributed by atoms with van der Waals surface area (Å²) in [6, 6.07) is 9.03. The lowest BCUT2D eigenvalue weighted by Crippen LogP contribution is -2.31. The number of aryl methyl sites for hydroxylation is 1. The SMILES string of the molecule is O=C(c1ccc(Cl)s1)N(CCCn1ccnc1)c1nc2ccc(Cl)cc2s1. The Bertz CT molecular complexity index is 1070. The van der Waals surface area contributed by atoms with Crippen molar-refractivity contribution in [2.45, 2.75) is 13.0 Å². The number of nitrogens with zero attached hydrogens (tertiary/aromatic N) is 4. The van der Waals surface area contributed by atoms with Crippen LogP contribution in [0.5, 0.6) is 0 Å². The number of carbonyl (C=O) groups excluding carboxylic acids is 1. The Kier molecular flexibility index (Phi) is 5.45. The molecule has 0 saturated carbocycles. The lowest BCUT2D eigenvalue weighted by molar-refractivity contribution is 0.0990. The van der Waals surface area contributed by atoms with Crippen molar-refractivity contribution in [1.82, 2.24) is 14.5 Å². The molecular formula is C18H14Cl2N4OS2. The Balaban J connectivity index is 1.62. The van der Waals surface area contributed by atoms with Gasteiger partial charge in [0.1, 0.15) is 0 Å². The van der Waals surface area contributed by atoms with Crippen LogP contribution in [0.4, 0.5) is 5.13 Å². The predicted octanol–water partition coefficient (Wildman–Crippen LogP) is 5.60. The van der Waals surface area contributed by atoms with Gasteiger partial charge in [-0.3, -0.25) is 9.69 Å². The summed E-state index contributed by atoms with van der Waals surface area (Å²) in [6.45, 7) is 1.31. The predicted molar refractivity (Wildman–Crippen MR) is 112 cm³/mol. The van der Waals surface area contributed by atoms with Crippen LogP contribution in [0.15, 0.2) is 49.1 Å². The molecule has 3 heterocycles. The van der Waals surface area contributed by atoms with Crippen molar-refractivity contribution in [2.75, 3.05) is 11.4 Å². The minimum absolute atomic E-state index is 0.0947. The summed E-state index contributed by atoms with van der Waals surface area (Å²) < 4.78 is 3.53. The van der Waals surface area contributed by atoms with Crippen LogP contribution in [0.25, 0.3) is 10.2 Å². The zero-order chi connectivity index (χ0) is 18.8. The van der Waals surface area contributed by atoms with E-state index in [9.17, 15) is 4.79 Å². The standard InChI is InChI=1S/C18H14Cl2N4OS2/c19-12-2-3-13-15(10-12)27-18(22-13)24(8-1-7-23-9-6-21-11-23)17(25)14-4-5-16(20)26-14/h2-6,9-11H,1,7-8H2. The number of fused-ring (bicyclic) bond motifs is 1. The Morgan fingerprint density at radius 3 is 2.81 bits per heavy atom. The average molecular weight is 437 g/mol. The highest BCUT2D eigenvalue weighted by Gasteiger charge is 2.22. The van der Waals surface area contributed by atoms with E-state index >= 15 is 0 Å². The van der Waals surface area contributed by atoms with Crippen LogP contribution in [0.3, 0.4) is 0 Å². The van der Waals surface area contributed by atoms with Crippen LogP contribution < -0.4 is 4.90 Å². The highest BCUT2D eigenvalue weighted by molar-refractivity contribution is 7.22. The smallest absolute Gasteiger partial charge is 0.270 e. The van der Waals surface area contributed by atoms with Crippen LogP contribution in [-0.4, -0.2) is 27.0 Å². The molecule has 4 rings (SSSR count). The summed E-state index contributed by atoms with van der Waals surface area (Å²) in [6.07, 6.45) is 6.20. The fourth-order valence-electron chi connectivity index (χ4n) is 2.68. The van der Waals surface area contributed by atoms with E-state index in [-0.39, 0.29) is 5.91 Å². The Morgan fingerprint density at radius 2 is 2.07 bits per heavy atom. The second-order valence-electron chi connectivity index (χ2n) is 5.82. The highest BCUT2D eigenvalue weighted by Crippen LogP contribution is 2.33. The molecule has 0 aliphatic heterocycles. The van der Waals surface area contributed by atoms with Crippen molar-refractivity contribution < 1.29 is 4.79 Å².